The molecule has 1 N–H and O–H groups in total. The number of aryl methyl sites for hydroxylation is 1. The molecule has 0 saturated heterocycles. The van der Waals surface area contributed by atoms with E-state index in [4.69, 9.17) is 11.6 Å². The van der Waals surface area contributed by atoms with Crippen LogP contribution in [-0.2, 0) is 11.2 Å². The summed E-state index contributed by atoms with van der Waals surface area (Å²) in [6.07, 6.45) is 1.91. The first-order valence-corrected chi connectivity index (χ1v) is 5.99. The van der Waals surface area contributed by atoms with Crippen LogP contribution in [0.15, 0.2) is 42.6 Å². The van der Waals surface area contributed by atoms with Gasteiger partial charge in [-0.15, -0.1) is 0 Å². The highest BCUT2D eigenvalue weighted by atomic mass is 35.5. The predicted molar refractivity (Wildman–Crippen MR) is 72.8 cm³/mol. The minimum atomic E-state index is -0.0980. The third-order valence-corrected chi connectivity index (χ3v) is 2.95. The van der Waals surface area contributed by atoms with Crippen LogP contribution < -0.4 is 5.32 Å². The quantitative estimate of drug-likeness (QED) is 0.861. The molecule has 3 nitrogen and oxygen atoms in total. The number of benzene rings is 1. The topological polar surface area (TPSA) is 42.0 Å². The molecule has 2 rings (SSSR count). The molecule has 0 radical (unpaired) electrons. The lowest BCUT2D eigenvalue weighted by Crippen LogP contribution is -2.15. The molecule has 1 heterocycles. The molecule has 1 amide bonds. The molecule has 1 aromatic heterocycles. The fourth-order valence-corrected chi connectivity index (χ4v) is 1.82. The second-order valence-corrected chi connectivity index (χ2v) is 4.35. The minimum absolute atomic E-state index is 0.0980. The number of anilines is 1. The zero-order valence-electron chi connectivity index (χ0n) is 9.98. The number of nitrogens with zero attached hydrogens (tertiary/aromatic N) is 1. The van der Waals surface area contributed by atoms with E-state index >= 15 is 0 Å². The number of pyridine rings is 1. The second kappa shape index (κ2) is 5.65. The van der Waals surface area contributed by atoms with Crippen molar-refractivity contribution in [1.29, 1.82) is 0 Å². The zero-order chi connectivity index (χ0) is 13.0. The third kappa shape index (κ3) is 3.08. The Labute approximate surface area is 111 Å². The Morgan fingerprint density at radius 1 is 1.28 bits per heavy atom. The number of hydrogen-bond donors (Lipinski definition) is 1. The van der Waals surface area contributed by atoms with E-state index in [2.05, 4.69) is 10.3 Å². The van der Waals surface area contributed by atoms with Crippen molar-refractivity contribution < 1.29 is 4.79 Å². The minimum Gasteiger partial charge on any atom is -0.323 e. The van der Waals surface area contributed by atoms with Gasteiger partial charge in [-0.1, -0.05) is 35.9 Å². The summed E-state index contributed by atoms with van der Waals surface area (Å²) >= 11 is 5.88. The normalized spacial score (nSPS) is 10.1. The Morgan fingerprint density at radius 3 is 2.78 bits per heavy atom. The van der Waals surface area contributed by atoms with Gasteiger partial charge in [0.15, 0.2) is 5.15 Å². The maximum atomic E-state index is 11.9. The molecule has 0 unspecified atom stereocenters. The molecule has 0 atom stereocenters. The summed E-state index contributed by atoms with van der Waals surface area (Å²) in [6.45, 7) is 1.99. The highest BCUT2D eigenvalue weighted by molar-refractivity contribution is 6.32. The van der Waals surface area contributed by atoms with Gasteiger partial charge in [-0.25, -0.2) is 4.98 Å². The average Bonchev–Trinajstić information content (AvgIpc) is 2.35. The van der Waals surface area contributed by atoms with E-state index in [1.165, 1.54) is 0 Å². The van der Waals surface area contributed by atoms with Crippen LogP contribution in [0.5, 0.6) is 0 Å². The molecular weight excluding hydrogens is 248 g/mol. The standard InChI is InChI=1S/C14H13ClN2O/c1-10-5-2-3-6-11(10)9-13(18)17-12-7-4-8-16-14(12)15/h2-8H,9H2,1H3,(H,17,18). The highest BCUT2D eigenvalue weighted by Crippen LogP contribution is 2.18. The lowest BCUT2D eigenvalue weighted by Gasteiger charge is -2.07. The maximum absolute atomic E-state index is 11.9. The van der Waals surface area contributed by atoms with Crippen LogP contribution in [0.3, 0.4) is 0 Å². The van der Waals surface area contributed by atoms with Crippen molar-refractivity contribution in [2.24, 2.45) is 0 Å². The van der Waals surface area contributed by atoms with E-state index in [0.29, 0.717) is 17.3 Å². The predicted octanol–water partition coefficient (Wildman–Crippen LogP) is 3.22. The Balaban J connectivity index is 2.06. The molecular formula is C14H13ClN2O. The molecule has 0 bridgehead atoms. The van der Waals surface area contributed by atoms with Crippen molar-refractivity contribution in [3.63, 3.8) is 0 Å². The van der Waals surface area contributed by atoms with E-state index < -0.39 is 0 Å². The van der Waals surface area contributed by atoms with Crippen LogP contribution in [0.4, 0.5) is 5.69 Å². The molecule has 0 aliphatic carbocycles. The van der Waals surface area contributed by atoms with Crippen molar-refractivity contribution in [2.45, 2.75) is 13.3 Å². The van der Waals surface area contributed by atoms with Crippen LogP contribution in [0.1, 0.15) is 11.1 Å². The molecule has 0 spiro atoms. The highest BCUT2D eigenvalue weighted by Gasteiger charge is 2.08. The first-order chi connectivity index (χ1) is 8.66. The molecule has 0 aliphatic rings. The maximum Gasteiger partial charge on any atom is 0.228 e. The van der Waals surface area contributed by atoms with E-state index in [-0.39, 0.29) is 5.91 Å². The number of rotatable bonds is 3. The molecule has 0 saturated carbocycles. The lowest BCUT2D eigenvalue weighted by atomic mass is 10.1. The van der Waals surface area contributed by atoms with Gasteiger partial charge in [0, 0.05) is 6.20 Å². The molecule has 18 heavy (non-hydrogen) atoms. The number of halogens is 1. The summed E-state index contributed by atoms with van der Waals surface area (Å²) in [5.74, 6) is -0.0980. The van der Waals surface area contributed by atoms with Crippen molar-refractivity contribution in [3.8, 4) is 0 Å². The summed E-state index contributed by atoms with van der Waals surface area (Å²) in [5, 5.41) is 3.05. The second-order valence-electron chi connectivity index (χ2n) is 3.99. The van der Waals surface area contributed by atoms with Crippen molar-refractivity contribution in [2.75, 3.05) is 5.32 Å². The van der Waals surface area contributed by atoms with Crippen molar-refractivity contribution in [1.82, 2.24) is 4.98 Å². The van der Waals surface area contributed by atoms with E-state index in [0.717, 1.165) is 11.1 Å². The number of carbonyl (C=O) groups is 1. The Hall–Kier alpha value is -1.87. The SMILES string of the molecule is Cc1ccccc1CC(=O)Nc1cccnc1Cl. The van der Waals surface area contributed by atoms with Crippen LogP contribution in [0.25, 0.3) is 0 Å². The number of amides is 1. The average molecular weight is 261 g/mol. The summed E-state index contributed by atoms with van der Waals surface area (Å²) in [4.78, 5) is 15.8. The number of carbonyl (C=O) groups excluding carboxylic acids is 1. The molecule has 92 valence electrons. The van der Waals surface area contributed by atoms with Gasteiger partial charge in [-0.2, -0.15) is 0 Å². The summed E-state index contributed by atoms with van der Waals surface area (Å²) < 4.78 is 0. The van der Waals surface area contributed by atoms with Gasteiger partial charge in [0.2, 0.25) is 5.91 Å². The van der Waals surface area contributed by atoms with Gasteiger partial charge in [-0.05, 0) is 30.2 Å². The molecule has 2 aromatic rings. The lowest BCUT2D eigenvalue weighted by molar-refractivity contribution is -0.115. The number of hydrogen-bond acceptors (Lipinski definition) is 2. The molecule has 0 aliphatic heterocycles. The summed E-state index contributed by atoms with van der Waals surface area (Å²) in [7, 11) is 0. The third-order valence-electron chi connectivity index (χ3n) is 2.65. The zero-order valence-corrected chi connectivity index (χ0v) is 10.7. The van der Waals surface area contributed by atoms with Crippen LogP contribution >= 0.6 is 11.6 Å². The van der Waals surface area contributed by atoms with Crippen LogP contribution in [-0.4, -0.2) is 10.9 Å². The largest absolute Gasteiger partial charge is 0.323 e. The van der Waals surface area contributed by atoms with Gasteiger partial charge in [0.25, 0.3) is 0 Å². The molecule has 0 fully saturated rings. The van der Waals surface area contributed by atoms with Gasteiger partial charge in [0.05, 0.1) is 12.1 Å². The van der Waals surface area contributed by atoms with Crippen molar-refractivity contribution >= 4 is 23.2 Å². The monoisotopic (exact) mass is 260 g/mol. The summed E-state index contributed by atoms with van der Waals surface area (Å²) in [6, 6.07) is 11.3. The fraction of sp³-hybridized carbons (Fsp3) is 0.143. The Bertz CT molecular complexity index is 520. The number of nitrogens with one attached hydrogen (secondary N) is 1. The Kier molecular flexibility index (Phi) is 3.95. The first kappa shape index (κ1) is 12.6. The van der Waals surface area contributed by atoms with Gasteiger partial charge in [-0.3, -0.25) is 4.79 Å². The van der Waals surface area contributed by atoms with Gasteiger partial charge in [0.1, 0.15) is 0 Å². The first-order valence-electron chi connectivity index (χ1n) is 5.61. The van der Waals surface area contributed by atoms with Crippen molar-refractivity contribution in [3.05, 3.63) is 58.9 Å². The summed E-state index contributed by atoms with van der Waals surface area (Å²) in [5.41, 5.74) is 2.65. The molecule has 4 heteroatoms. The molecule has 1 aromatic carbocycles. The fourth-order valence-electron chi connectivity index (χ4n) is 1.66. The van der Waals surface area contributed by atoms with Gasteiger partial charge >= 0.3 is 0 Å². The van der Waals surface area contributed by atoms with Crippen LogP contribution in [0.2, 0.25) is 5.15 Å². The van der Waals surface area contributed by atoms with Gasteiger partial charge < -0.3 is 5.32 Å². The Morgan fingerprint density at radius 2 is 2.06 bits per heavy atom. The van der Waals surface area contributed by atoms with E-state index in [1.807, 2.05) is 31.2 Å². The van der Waals surface area contributed by atoms with E-state index in [1.54, 1.807) is 18.3 Å². The smallest absolute Gasteiger partial charge is 0.228 e. The number of aromatic nitrogens is 1. The van der Waals surface area contributed by atoms with E-state index in [9.17, 15) is 4.79 Å². The van der Waals surface area contributed by atoms with Crippen LogP contribution in [0, 0.1) is 6.92 Å².